The standard InChI is InChI=1S/C14H17N3O4/c1-3-8-21-12-7-5-4-6-10(12)17-11(9-20-2)13(14(18)19)15-16-17/h4-7H,3,8-9H2,1-2H3,(H,18,19). The minimum absolute atomic E-state index is 0.0940. The molecular formula is C14H17N3O4. The number of carbonyl (C=O) groups is 1. The van der Waals surface area contributed by atoms with Crippen LogP contribution >= 0.6 is 0 Å². The van der Waals surface area contributed by atoms with Crippen molar-refractivity contribution < 1.29 is 19.4 Å². The smallest absolute Gasteiger partial charge is 0.358 e. The minimum atomic E-state index is -1.14. The number of aromatic nitrogens is 3. The molecule has 1 aromatic carbocycles. The fraction of sp³-hybridized carbons (Fsp3) is 0.357. The van der Waals surface area contributed by atoms with Gasteiger partial charge in [-0.05, 0) is 18.6 Å². The van der Waals surface area contributed by atoms with Crippen LogP contribution in [-0.2, 0) is 11.3 Å². The van der Waals surface area contributed by atoms with E-state index in [4.69, 9.17) is 14.6 Å². The number of aromatic carboxylic acids is 1. The highest BCUT2D eigenvalue weighted by molar-refractivity contribution is 5.86. The first-order valence-corrected chi connectivity index (χ1v) is 6.58. The monoisotopic (exact) mass is 291 g/mol. The van der Waals surface area contributed by atoms with Crippen molar-refractivity contribution in [3.05, 3.63) is 35.7 Å². The summed E-state index contributed by atoms with van der Waals surface area (Å²) < 4.78 is 12.2. The summed E-state index contributed by atoms with van der Waals surface area (Å²) in [5.41, 5.74) is 0.887. The Morgan fingerprint density at radius 2 is 2.14 bits per heavy atom. The summed E-state index contributed by atoms with van der Waals surface area (Å²) in [5.74, 6) is -0.515. The topological polar surface area (TPSA) is 86.5 Å². The second-order valence-corrected chi connectivity index (χ2v) is 4.35. The van der Waals surface area contributed by atoms with Gasteiger partial charge in [0.2, 0.25) is 0 Å². The zero-order valence-corrected chi connectivity index (χ0v) is 11.9. The molecule has 1 N–H and O–H groups in total. The van der Waals surface area contributed by atoms with E-state index in [0.29, 0.717) is 23.7 Å². The van der Waals surface area contributed by atoms with Crippen molar-refractivity contribution in [1.29, 1.82) is 0 Å². The molecule has 0 atom stereocenters. The predicted octanol–water partition coefficient (Wildman–Crippen LogP) is 1.90. The molecule has 0 spiro atoms. The van der Waals surface area contributed by atoms with Gasteiger partial charge < -0.3 is 14.6 Å². The normalized spacial score (nSPS) is 10.6. The van der Waals surface area contributed by atoms with Crippen molar-refractivity contribution in [2.75, 3.05) is 13.7 Å². The highest BCUT2D eigenvalue weighted by atomic mass is 16.5. The van der Waals surface area contributed by atoms with Gasteiger partial charge in [-0.15, -0.1) is 5.10 Å². The Kier molecular flexibility index (Phi) is 4.89. The SMILES string of the molecule is CCCOc1ccccc1-n1nnc(C(=O)O)c1COC. The van der Waals surface area contributed by atoms with Crippen molar-refractivity contribution in [2.45, 2.75) is 20.0 Å². The molecule has 0 radical (unpaired) electrons. The molecule has 112 valence electrons. The highest BCUT2D eigenvalue weighted by Gasteiger charge is 2.21. The van der Waals surface area contributed by atoms with Crippen LogP contribution in [0.15, 0.2) is 24.3 Å². The lowest BCUT2D eigenvalue weighted by molar-refractivity contribution is 0.0685. The molecule has 0 fully saturated rings. The van der Waals surface area contributed by atoms with Gasteiger partial charge in [-0.25, -0.2) is 9.48 Å². The van der Waals surface area contributed by atoms with Gasteiger partial charge in [-0.3, -0.25) is 0 Å². The number of nitrogens with zero attached hydrogens (tertiary/aromatic N) is 3. The van der Waals surface area contributed by atoms with E-state index in [1.165, 1.54) is 11.8 Å². The van der Waals surface area contributed by atoms with Crippen LogP contribution in [0.5, 0.6) is 5.75 Å². The Morgan fingerprint density at radius 3 is 2.81 bits per heavy atom. The number of para-hydroxylation sites is 2. The maximum absolute atomic E-state index is 11.2. The Morgan fingerprint density at radius 1 is 1.38 bits per heavy atom. The second-order valence-electron chi connectivity index (χ2n) is 4.35. The summed E-state index contributed by atoms with van der Waals surface area (Å²) in [7, 11) is 1.49. The van der Waals surface area contributed by atoms with Crippen LogP contribution in [0.1, 0.15) is 29.5 Å². The number of rotatable bonds is 7. The molecule has 0 unspecified atom stereocenters. The molecule has 0 amide bonds. The first kappa shape index (κ1) is 15.0. The molecule has 2 aromatic rings. The van der Waals surface area contributed by atoms with E-state index in [1.54, 1.807) is 6.07 Å². The molecule has 0 saturated heterocycles. The van der Waals surface area contributed by atoms with Crippen molar-refractivity contribution in [3.63, 3.8) is 0 Å². The first-order valence-electron chi connectivity index (χ1n) is 6.58. The number of hydrogen-bond acceptors (Lipinski definition) is 5. The van der Waals surface area contributed by atoms with Crippen molar-refractivity contribution >= 4 is 5.97 Å². The van der Waals surface area contributed by atoms with Crippen LogP contribution in [-0.4, -0.2) is 39.8 Å². The molecule has 0 aliphatic rings. The summed E-state index contributed by atoms with van der Waals surface area (Å²) in [6.07, 6.45) is 0.872. The Labute approximate surface area is 122 Å². The van der Waals surface area contributed by atoms with Crippen LogP contribution < -0.4 is 4.74 Å². The molecule has 21 heavy (non-hydrogen) atoms. The van der Waals surface area contributed by atoms with Gasteiger partial charge in [0.25, 0.3) is 0 Å². The van der Waals surface area contributed by atoms with Gasteiger partial charge in [0, 0.05) is 7.11 Å². The summed E-state index contributed by atoms with van der Waals surface area (Å²) in [6.45, 7) is 2.67. The van der Waals surface area contributed by atoms with Crippen LogP contribution in [0.3, 0.4) is 0 Å². The summed E-state index contributed by atoms with van der Waals surface area (Å²) >= 11 is 0. The average Bonchev–Trinajstić information content (AvgIpc) is 2.89. The average molecular weight is 291 g/mol. The van der Waals surface area contributed by atoms with E-state index in [9.17, 15) is 4.79 Å². The van der Waals surface area contributed by atoms with Crippen LogP contribution in [0.2, 0.25) is 0 Å². The van der Waals surface area contributed by atoms with Crippen LogP contribution in [0, 0.1) is 0 Å². The zero-order valence-electron chi connectivity index (χ0n) is 11.9. The summed E-state index contributed by atoms with van der Waals surface area (Å²) in [4.78, 5) is 11.2. The maximum atomic E-state index is 11.2. The number of benzene rings is 1. The Hall–Kier alpha value is -2.41. The van der Waals surface area contributed by atoms with E-state index >= 15 is 0 Å². The molecule has 0 bridgehead atoms. The van der Waals surface area contributed by atoms with E-state index in [0.717, 1.165) is 6.42 Å². The van der Waals surface area contributed by atoms with Crippen LogP contribution in [0.4, 0.5) is 0 Å². The lowest BCUT2D eigenvalue weighted by Crippen LogP contribution is -2.09. The quantitative estimate of drug-likeness (QED) is 0.838. The minimum Gasteiger partial charge on any atom is -0.491 e. The Bertz CT molecular complexity index is 624. The maximum Gasteiger partial charge on any atom is 0.358 e. The third-order valence-corrected chi connectivity index (χ3v) is 2.80. The highest BCUT2D eigenvalue weighted by Crippen LogP contribution is 2.24. The molecule has 0 aliphatic heterocycles. The summed E-state index contributed by atoms with van der Waals surface area (Å²) in [6, 6.07) is 7.28. The molecule has 0 aliphatic carbocycles. The lowest BCUT2D eigenvalue weighted by atomic mass is 10.2. The van der Waals surface area contributed by atoms with Crippen molar-refractivity contribution in [1.82, 2.24) is 15.0 Å². The summed E-state index contributed by atoms with van der Waals surface area (Å²) in [5, 5.41) is 16.8. The molecule has 2 rings (SSSR count). The molecule has 0 saturated carbocycles. The first-order chi connectivity index (χ1) is 10.2. The van der Waals surface area contributed by atoms with Gasteiger partial charge in [0.05, 0.1) is 13.2 Å². The molecule has 7 nitrogen and oxygen atoms in total. The third-order valence-electron chi connectivity index (χ3n) is 2.80. The van der Waals surface area contributed by atoms with Gasteiger partial charge in [0.15, 0.2) is 5.69 Å². The lowest BCUT2D eigenvalue weighted by Gasteiger charge is -2.12. The fourth-order valence-corrected chi connectivity index (χ4v) is 1.89. The fourth-order valence-electron chi connectivity index (χ4n) is 1.89. The largest absolute Gasteiger partial charge is 0.491 e. The molecular weight excluding hydrogens is 274 g/mol. The number of hydrogen-bond donors (Lipinski definition) is 1. The second kappa shape index (κ2) is 6.85. The number of methoxy groups -OCH3 is 1. The van der Waals surface area contributed by atoms with Crippen molar-refractivity contribution in [3.8, 4) is 11.4 Å². The van der Waals surface area contributed by atoms with Gasteiger partial charge in [0.1, 0.15) is 17.1 Å². The van der Waals surface area contributed by atoms with Crippen molar-refractivity contribution in [2.24, 2.45) is 0 Å². The van der Waals surface area contributed by atoms with E-state index in [-0.39, 0.29) is 12.3 Å². The Balaban J connectivity index is 2.48. The predicted molar refractivity (Wildman–Crippen MR) is 74.8 cm³/mol. The number of ether oxygens (including phenoxy) is 2. The van der Waals surface area contributed by atoms with Gasteiger partial charge in [-0.2, -0.15) is 0 Å². The third kappa shape index (κ3) is 3.19. The molecule has 1 aromatic heterocycles. The number of carboxylic acid groups (broad SMARTS) is 1. The molecule has 1 heterocycles. The molecule has 7 heteroatoms. The van der Waals surface area contributed by atoms with E-state index in [1.807, 2.05) is 25.1 Å². The number of carboxylic acids is 1. The van der Waals surface area contributed by atoms with Crippen LogP contribution in [0.25, 0.3) is 5.69 Å². The van der Waals surface area contributed by atoms with E-state index < -0.39 is 5.97 Å². The zero-order chi connectivity index (χ0) is 15.2. The van der Waals surface area contributed by atoms with E-state index in [2.05, 4.69) is 10.3 Å². The van der Waals surface area contributed by atoms with Gasteiger partial charge >= 0.3 is 5.97 Å². The van der Waals surface area contributed by atoms with Gasteiger partial charge in [-0.1, -0.05) is 24.3 Å².